The van der Waals surface area contributed by atoms with Crippen molar-refractivity contribution in [1.82, 2.24) is 19.7 Å². The van der Waals surface area contributed by atoms with Crippen molar-refractivity contribution in [2.75, 3.05) is 39.3 Å². The van der Waals surface area contributed by atoms with E-state index >= 15 is 0 Å². The van der Waals surface area contributed by atoms with Crippen LogP contribution < -0.4 is 0 Å². The Morgan fingerprint density at radius 2 is 1.71 bits per heavy atom. The van der Waals surface area contributed by atoms with Gasteiger partial charge in [0.25, 0.3) is 0 Å². The van der Waals surface area contributed by atoms with Crippen molar-refractivity contribution in [1.29, 1.82) is 0 Å². The average Bonchev–Trinajstić information content (AvgIpc) is 3.23. The Labute approximate surface area is 193 Å². The van der Waals surface area contributed by atoms with E-state index in [4.69, 9.17) is 16.6 Å². The van der Waals surface area contributed by atoms with Crippen LogP contribution in [-0.2, 0) is 4.79 Å². The molecule has 1 aromatic heterocycles. The van der Waals surface area contributed by atoms with Crippen LogP contribution in [0.4, 0.5) is 4.79 Å². The molecule has 0 N–H and O–H groups in total. The van der Waals surface area contributed by atoms with Crippen molar-refractivity contribution in [2.24, 2.45) is 5.92 Å². The van der Waals surface area contributed by atoms with Gasteiger partial charge in [0.2, 0.25) is 5.91 Å². The summed E-state index contributed by atoms with van der Waals surface area (Å²) in [6.45, 7) is 8.40. The quantitative estimate of drug-likeness (QED) is 0.653. The van der Waals surface area contributed by atoms with Crippen LogP contribution in [0.15, 0.2) is 18.2 Å². The van der Waals surface area contributed by atoms with Gasteiger partial charge in [0.1, 0.15) is 0 Å². The number of piperidine rings is 2. The smallest absolute Gasteiger partial charge is 0.319 e. The van der Waals surface area contributed by atoms with E-state index in [0.717, 1.165) is 67.4 Å². The second kappa shape index (κ2) is 9.74. The summed E-state index contributed by atoms with van der Waals surface area (Å²) in [6.07, 6.45) is 3.45. The van der Waals surface area contributed by atoms with Crippen molar-refractivity contribution in [3.8, 4) is 0 Å². The van der Waals surface area contributed by atoms with Crippen LogP contribution in [0.25, 0.3) is 10.2 Å². The molecule has 0 spiro atoms. The fraction of sp³-hybridized carbons (Fsp3) is 0.609. The van der Waals surface area contributed by atoms with Crippen molar-refractivity contribution < 1.29 is 9.59 Å². The van der Waals surface area contributed by atoms with Gasteiger partial charge in [-0.1, -0.05) is 11.6 Å². The van der Waals surface area contributed by atoms with Gasteiger partial charge in [-0.3, -0.25) is 4.79 Å². The lowest BCUT2D eigenvalue weighted by molar-refractivity contribution is -0.138. The SMILES string of the molecule is CCN(CC)C(=O)N1CCC(C(=O)N2CCC(c3nc4cc(Cl)ccc4s3)CC2)CC1. The Morgan fingerprint density at radius 1 is 1.06 bits per heavy atom. The van der Waals surface area contributed by atoms with Crippen molar-refractivity contribution in [3.63, 3.8) is 0 Å². The number of halogens is 1. The molecule has 4 rings (SSSR count). The third kappa shape index (κ3) is 4.82. The van der Waals surface area contributed by atoms with Gasteiger partial charge >= 0.3 is 6.03 Å². The van der Waals surface area contributed by atoms with Crippen LogP contribution in [0, 0.1) is 5.92 Å². The minimum Gasteiger partial charge on any atom is -0.342 e. The molecule has 168 valence electrons. The van der Waals surface area contributed by atoms with Crippen LogP contribution in [0.1, 0.15) is 50.5 Å². The summed E-state index contributed by atoms with van der Waals surface area (Å²) in [4.78, 5) is 36.2. The Bertz CT molecular complexity index is 929. The van der Waals surface area contributed by atoms with Crippen LogP contribution in [0.3, 0.4) is 0 Å². The second-order valence-electron chi connectivity index (χ2n) is 8.48. The van der Waals surface area contributed by atoms with E-state index < -0.39 is 0 Å². The fourth-order valence-corrected chi connectivity index (χ4v) is 5.99. The van der Waals surface area contributed by atoms with Gasteiger partial charge in [0, 0.05) is 56.1 Å². The molecule has 0 aliphatic carbocycles. The molecule has 6 nitrogen and oxygen atoms in total. The number of amides is 3. The van der Waals surface area contributed by atoms with Gasteiger partial charge in [-0.25, -0.2) is 9.78 Å². The van der Waals surface area contributed by atoms with E-state index in [2.05, 4.69) is 0 Å². The summed E-state index contributed by atoms with van der Waals surface area (Å²) in [5, 5.41) is 1.88. The number of fused-ring (bicyclic) bond motifs is 1. The number of likely N-dealkylation sites (tertiary alicyclic amines) is 2. The van der Waals surface area contributed by atoms with Crippen LogP contribution >= 0.6 is 22.9 Å². The molecule has 31 heavy (non-hydrogen) atoms. The highest BCUT2D eigenvalue weighted by Crippen LogP contribution is 2.35. The van der Waals surface area contributed by atoms with Gasteiger partial charge in [-0.15, -0.1) is 11.3 Å². The van der Waals surface area contributed by atoms with Crippen molar-refractivity contribution in [2.45, 2.75) is 45.4 Å². The lowest BCUT2D eigenvalue weighted by atomic mass is 9.92. The van der Waals surface area contributed by atoms with Crippen molar-refractivity contribution >= 4 is 45.1 Å². The zero-order chi connectivity index (χ0) is 22.0. The molecule has 2 aromatic rings. The average molecular weight is 463 g/mol. The number of nitrogens with zero attached hydrogens (tertiary/aromatic N) is 4. The lowest BCUT2D eigenvalue weighted by Crippen LogP contribution is -2.49. The predicted octanol–water partition coefficient (Wildman–Crippen LogP) is 4.83. The minimum atomic E-state index is 0.0434. The molecule has 0 unspecified atom stereocenters. The monoisotopic (exact) mass is 462 g/mol. The molecule has 3 heterocycles. The molecule has 0 saturated carbocycles. The standard InChI is InChI=1S/C23H31ClN4O2S/c1-3-26(4-2)23(30)28-13-9-17(10-14-28)22(29)27-11-7-16(8-12-27)21-25-19-15-18(24)5-6-20(19)31-21/h5-6,15-17H,3-4,7-14H2,1-2H3. The first-order valence-electron chi connectivity index (χ1n) is 11.4. The fourth-order valence-electron chi connectivity index (χ4n) is 4.71. The van der Waals surface area contributed by atoms with Gasteiger partial charge < -0.3 is 14.7 Å². The molecule has 0 bridgehead atoms. The maximum absolute atomic E-state index is 13.1. The van der Waals surface area contributed by atoms with Gasteiger partial charge in [-0.2, -0.15) is 0 Å². The normalized spacial score (nSPS) is 18.5. The van der Waals surface area contributed by atoms with E-state index in [1.165, 1.54) is 4.70 Å². The first-order valence-corrected chi connectivity index (χ1v) is 12.6. The maximum atomic E-state index is 13.1. The third-order valence-corrected chi connectivity index (χ3v) is 8.10. The number of urea groups is 1. The maximum Gasteiger partial charge on any atom is 0.319 e. The summed E-state index contributed by atoms with van der Waals surface area (Å²) in [5.74, 6) is 0.722. The molecule has 2 fully saturated rings. The van der Waals surface area contributed by atoms with Crippen LogP contribution in [0.5, 0.6) is 0 Å². The molecular formula is C23H31ClN4O2S. The first kappa shape index (κ1) is 22.3. The molecular weight excluding hydrogens is 432 g/mol. The molecule has 1 aromatic carbocycles. The molecule has 2 aliphatic rings. The Morgan fingerprint density at radius 3 is 2.35 bits per heavy atom. The summed E-state index contributed by atoms with van der Waals surface area (Å²) in [5.41, 5.74) is 0.969. The molecule has 2 saturated heterocycles. The highest BCUT2D eigenvalue weighted by Gasteiger charge is 2.33. The molecule has 3 amide bonds. The molecule has 2 aliphatic heterocycles. The van der Waals surface area contributed by atoms with E-state index in [-0.39, 0.29) is 17.9 Å². The number of thiazole rings is 1. The highest BCUT2D eigenvalue weighted by atomic mass is 35.5. The van der Waals surface area contributed by atoms with Gasteiger partial charge in [0.05, 0.1) is 15.2 Å². The number of carbonyl (C=O) groups is 2. The molecule has 0 atom stereocenters. The number of hydrogen-bond donors (Lipinski definition) is 0. The molecule has 8 heteroatoms. The minimum absolute atomic E-state index is 0.0434. The lowest BCUT2D eigenvalue weighted by Gasteiger charge is -2.38. The topological polar surface area (TPSA) is 56.8 Å². The van der Waals surface area contributed by atoms with Crippen LogP contribution in [-0.4, -0.2) is 70.9 Å². The van der Waals surface area contributed by atoms with Crippen molar-refractivity contribution in [3.05, 3.63) is 28.2 Å². The third-order valence-electron chi connectivity index (χ3n) is 6.67. The Balaban J connectivity index is 1.29. The zero-order valence-electron chi connectivity index (χ0n) is 18.3. The zero-order valence-corrected chi connectivity index (χ0v) is 19.9. The number of hydrogen-bond acceptors (Lipinski definition) is 4. The number of aromatic nitrogens is 1. The second-order valence-corrected chi connectivity index (χ2v) is 9.98. The molecule has 0 radical (unpaired) electrons. The summed E-state index contributed by atoms with van der Waals surface area (Å²) in [6, 6.07) is 5.98. The first-order chi connectivity index (χ1) is 15.0. The number of carbonyl (C=O) groups excluding carboxylic acids is 2. The van der Waals surface area contributed by atoms with E-state index in [1.54, 1.807) is 11.3 Å². The van der Waals surface area contributed by atoms with E-state index in [0.29, 0.717) is 19.0 Å². The largest absolute Gasteiger partial charge is 0.342 e. The number of benzene rings is 1. The number of rotatable bonds is 4. The summed E-state index contributed by atoms with van der Waals surface area (Å²) in [7, 11) is 0. The van der Waals surface area contributed by atoms with Crippen LogP contribution in [0.2, 0.25) is 5.02 Å². The van der Waals surface area contributed by atoms with E-state index in [1.807, 2.05) is 46.7 Å². The highest BCUT2D eigenvalue weighted by molar-refractivity contribution is 7.18. The predicted molar refractivity (Wildman–Crippen MR) is 126 cm³/mol. The summed E-state index contributed by atoms with van der Waals surface area (Å²) >= 11 is 7.84. The van der Waals surface area contributed by atoms with Gasteiger partial charge in [-0.05, 0) is 57.7 Å². The van der Waals surface area contributed by atoms with Gasteiger partial charge in [0.15, 0.2) is 0 Å². The summed E-state index contributed by atoms with van der Waals surface area (Å²) < 4.78 is 1.17. The Hall–Kier alpha value is -1.86. The Kier molecular flexibility index (Phi) is 7.02. The van der Waals surface area contributed by atoms with E-state index in [9.17, 15) is 9.59 Å².